The summed E-state index contributed by atoms with van der Waals surface area (Å²) in [5.74, 6) is -2.50. The van der Waals surface area contributed by atoms with E-state index in [2.05, 4.69) is 9.47 Å². The van der Waals surface area contributed by atoms with E-state index in [1.165, 1.54) is 14.2 Å². The molecule has 0 aromatic carbocycles. The fourth-order valence-electron chi connectivity index (χ4n) is 2.36. The molecule has 0 amide bonds. The van der Waals surface area contributed by atoms with Crippen LogP contribution < -0.4 is 0 Å². The first-order chi connectivity index (χ1) is 8.60. The quantitative estimate of drug-likeness (QED) is 0.550. The molecule has 0 saturated heterocycles. The van der Waals surface area contributed by atoms with Gasteiger partial charge >= 0.3 is 11.9 Å². The summed E-state index contributed by atoms with van der Waals surface area (Å²) in [6, 6.07) is 0. The van der Waals surface area contributed by atoms with Crippen LogP contribution >= 0.6 is 0 Å². The molecule has 102 valence electrons. The van der Waals surface area contributed by atoms with Gasteiger partial charge in [-0.05, 0) is 12.8 Å². The Morgan fingerprint density at radius 2 is 1.67 bits per heavy atom. The van der Waals surface area contributed by atoms with Crippen LogP contribution in [0.25, 0.3) is 0 Å². The van der Waals surface area contributed by atoms with Crippen molar-refractivity contribution in [2.75, 3.05) is 14.2 Å². The Hall–Kier alpha value is -1.39. The molecule has 0 aromatic rings. The molecule has 18 heavy (non-hydrogen) atoms. The normalized spacial score (nSPS) is 17.9. The summed E-state index contributed by atoms with van der Waals surface area (Å²) >= 11 is 0. The second-order valence-corrected chi connectivity index (χ2v) is 4.59. The van der Waals surface area contributed by atoms with E-state index >= 15 is 0 Å². The van der Waals surface area contributed by atoms with Gasteiger partial charge in [0.25, 0.3) is 0 Å². The maximum atomic E-state index is 12.2. The van der Waals surface area contributed by atoms with Crippen molar-refractivity contribution in [2.24, 2.45) is 11.8 Å². The first-order valence-electron chi connectivity index (χ1n) is 6.28. The molecule has 1 aliphatic carbocycles. The van der Waals surface area contributed by atoms with Crippen LogP contribution in [0.2, 0.25) is 0 Å². The number of carbonyl (C=O) groups is 3. The lowest BCUT2D eigenvalue weighted by Gasteiger charge is -2.23. The van der Waals surface area contributed by atoms with Gasteiger partial charge in [0.2, 0.25) is 0 Å². The van der Waals surface area contributed by atoms with Crippen LogP contribution in [0.3, 0.4) is 0 Å². The maximum Gasteiger partial charge on any atom is 0.316 e. The zero-order valence-electron chi connectivity index (χ0n) is 10.9. The topological polar surface area (TPSA) is 69.7 Å². The third kappa shape index (κ3) is 3.82. The minimum atomic E-state index is -1.01. The van der Waals surface area contributed by atoms with E-state index in [4.69, 9.17) is 0 Å². The maximum absolute atomic E-state index is 12.2. The molecular formula is C13H20O5. The van der Waals surface area contributed by atoms with Crippen molar-refractivity contribution < 1.29 is 23.9 Å². The van der Waals surface area contributed by atoms with Crippen molar-refractivity contribution in [2.45, 2.75) is 38.5 Å². The predicted molar refractivity (Wildman–Crippen MR) is 63.7 cm³/mol. The Kier molecular flexibility index (Phi) is 5.82. The van der Waals surface area contributed by atoms with Gasteiger partial charge in [-0.3, -0.25) is 14.4 Å². The average Bonchev–Trinajstić information content (AvgIpc) is 2.43. The highest BCUT2D eigenvalue weighted by molar-refractivity contribution is 6.02. The molecular weight excluding hydrogens is 236 g/mol. The van der Waals surface area contributed by atoms with Gasteiger partial charge in [-0.2, -0.15) is 0 Å². The van der Waals surface area contributed by atoms with E-state index in [1.54, 1.807) is 0 Å². The monoisotopic (exact) mass is 256 g/mol. The van der Waals surface area contributed by atoms with Gasteiger partial charge in [0, 0.05) is 5.92 Å². The highest BCUT2D eigenvalue weighted by atomic mass is 16.5. The van der Waals surface area contributed by atoms with Crippen LogP contribution in [-0.4, -0.2) is 31.9 Å². The van der Waals surface area contributed by atoms with Crippen LogP contribution in [0.4, 0.5) is 0 Å². The van der Waals surface area contributed by atoms with Crippen LogP contribution in [0.15, 0.2) is 0 Å². The molecule has 0 aromatic heterocycles. The van der Waals surface area contributed by atoms with Crippen LogP contribution in [-0.2, 0) is 23.9 Å². The lowest BCUT2D eigenvalue weighted by Crippen LogP contribution is -2.33. The minimum Gasteiger partial charge on any atom is -0.469 e. The van der Waals surface area contributed by atoms with Crippen LogP contribution in [0, 0.1) is 11.8 Å². The highest BCUT2D eigenvalue weighted by Gasteiger charge is 2.35. The molecule has 0 radical (unpaired) electrons. The smallest absolute Gasteiger partial charge is 0.316 e. The van der Waals surface area contributed by atoms with Gasteiger partial charge in [-0.1, -0.05) is 19.3 Å². The van der Waals surface area contributed by atoms with Crippen molar-refractivity contribution in [1.82, 2.24) is 0 Å². The van der Waals surface area contributed by atoms with Gasteiger partial charge in [0.1, 0.15) is 5.92 Å². The number of hydrogen-bond acceptors (Lipinski definition) is 5. The Balaban J connectivity index is 2.71. The van der Waals surface area contributed by atoms with Crippen molar-refractivity contribution in [3.63, 3.8) is 0 Å². The van der Waals surface area contributed by atoms with Gasteiger partial charge in [0.15, 0.2) is 5.78 Å². The number of rotatable bonds is 5. The molecule has 0 N–H and O–H groups in total. The Morgan fingerprint density at radius 3 is 2.17 bits per heavy atom. The number of esters is 2. The zero-order valence-corrected chi connectivity index (χ0v) is 10.9. The van der Waals surface area contributed by atoms with Crippen molar-refractivity contribution in [1.29, 1.82) is 0 Å². The third-order valence-corrected chi connectivity index (χ3v) is 3.44. The number of carbonyl (C=O) groups excluding carboxylic acids is 3. The minimum absolute atomic E-state index is 0.118. The number of Topliss-reactive ketones (excluding diaryl/α,β-unsaturated/α-hetero) is 1. The van der Waals surface area contributed by atoms with Crippen molar-refractivity contribution in [3.05, 3.63) is 0 Å². The number of methoxy groups -OCH3 is 2. The molecule has 1 atom stereocenters. The molecule has 0 heterocycles. The summed E-state index contributed by atoms with van der Waals surface area (Å²) in [6.07, 6.45) is 4.51. The molecule has 1 rings (SSSR count). The molecule has 1 fully saturated rings. The Morgan fingerprint density at radius 1 is 1.06 bits per heavy atom. The lowest BCUT2D eigenvalue weighted by molar-refractivity contribution is -0.156. The molecule has 5 nitrogen and oxygen atoms in total. The van der Waals surface area contributed by atoms with Gasteiger partial charge < -0.3 is 9.47 Å². The van der Waals surface area contributed by atoms with Crippen LogP contribution in [0.1, 0.15) is 38.5 Å². The summed E-state index contributed by atoms with van der Waals surface area (Å²) in [5, 5.41) is 0. The first-order valence-corrected chi connectivity index (χ1v) is 6.28. The second-order valence-electron chi connectivity index (χ2n) is 4.59. The zero-order chi connectivity index (χ0) is 13.5. The van der Waals surface area contributed by atoms with Crippen LogP contribution in [0.5, 0.6) is 0 Å². The first kappa shape index (κ1) is 14.7. The summed E-state index contributed by atoms with van der Waals surface area (Å²) in [4.78, 5) is 35.1. The van der Waals surface area contributed by atoms with E-state index in [1.807, 2.05) is 0 Å². The largest absolute Gasteiger partial charge is 0.469 e. The second kappa shape index (κ2) is 7.13. The van der Waals surface area contributed by atoms with Gasteiger partial charge in [-0.25, -0.2) is 0 Å². The molecule has 0 spiro atoms. The summed E-state index contributed by atoms with van der Waals surface area (Å²) in [5.41, 5.74) is 0. The number of ether oxygens (including phenoxy) is 2. The van der Waals surface area contributed by atoms with Gasteiger partial charge in [-0.15, -0.1) is 0 Å². The molecule has 1 unspecified atom stereocenters. The summed E-state index contributed by atoms with van der Waals surface area (Å²) in [7, 11) is 2.46. The predicted octanol–water partition coefficient (Wildman–Crippen LogP) is 1.49. The molecule has 1 saturated carbocycles. The van der Waals surface area contributed by atoms with E-state index in [0.29, 0.717) is 0 Å². The molecule has 5 heteroatoms. The fraction of sp³-hybridized carbons (Fsp3) is 0.769. The highest BCUT2D eigenvalue weighted by Crippen LogP contribution is 2.28. The molecule has 0 bridgehead atoms. The Bertz CT molecular complexity index is 317. The van der Waals surface area contributed by atoms with E-state index in [0.717, 1.165) is 32.1 Å². The summed E-state index contributed by atoms with van der Waals surface area (Å²) < 4.78 is 9.12. The Labute approximate surface area is 107 Å². The van der Waals surface area contributed by atoms with E-state index in [-0.39, 0.29) is 18.1 Å². The van der Waals surface area contributed by atoms with E-state index in [9.17, 15) is 14.4 Å². The number of hydrogen-bond donors (Lipinski definition) is 0. The SMILES string of the molecule is COC(=O)CC(C(=O)OC)C(=O)C1CCCCC1. The fourth-order valence-corrected chi connectivity index (χ4v) is 2.36. The standard InChI is InChI=1S/C13H20O5/c1-17-11(14)8-10(13(16)18-2)12(15)9-6-4-3-5-7-9/h9-10H,3-8H2,1-2H3. The van der Waals surface area contributed by atoms with Crippen molar-refractivity contribution in [3.8, 4) is 0 Å². The number of ketones is 1. The molecule has 0 aliphatic heterocycles. The lowest BCUT2D eigenvalue weighted by atomic mass is 9.80. The van der Waals surface area contributed by atoms with Crippen molar-refractivity contribution >= 4 is 17.7 Å². The van der Waals surface area contributed by atoms with Gasteiger partial charge in [0.05, 0.1) is 20.6 Å². The third-order valence-electron chi connectivity index (χ3n) is 3.44. The molecule has 1 aliphatic rings. The summed E-state index contributed by atoms with van der Waals surface area (Å²) in [6.45, 7) is 0. The average molecular weight is 256 g/mol. The van der Waals surface area contributed by atoms with E-state index < -0.39 is 17.9 Å².